The molecule has 22 heavy (non-hydrogen) atoms. The van der Waals surface area contributed by atoms with Crippen molar-refractivity contribution in [2.75, 3.05) is 37.7 Å². The van der Waals surface area contributed by atoms with Gasteiger partial charge in [0.05, 0.1) is 3.57 Å². The molecule has 2 saturated heterocycles. The van der Waals surface area contributed by atoms with Gasteiger partial charge in [0.1, 0.15) is 5.75 Å². The predicted molar refractivity (Wildman–Crippen MR) is 111 cm³/mol. The maximum absolute atomic E-state index is 10.3. The smallest absolute Gasteiger partial charge is 0.133 e. The highest BCUT2D eigenvalue weighted by atomic mass is 127. The number of likely N-dealkylation sites (tertiary alicyclic amines) is 1. The summed E-state index contributed by atoms with van der Waals surface area (Å²) in [5, 5.41) is 10.3. The van der Waals surface area contributed by atoms with E-state index >= 15 is 0 Å². The lowest BCUT2D eigenvalue weighted by atomic mass is 10.0. The van der Waals surface area contributed by atoms with Crippen molar-refractivity contribution in [3.8, 4) is 5.75 Å². The molecule has 0 atom stereocenters. The lowest BCUT2D eigenvalue weighted by Crippen LogP contribution is -2.47. The molecule has 2 heterocycles. The molecule has 0 radical (unpaired) electrons. The minimum absolute atomic E-state index is 0.469. The van der Waals surface area contributed by atoms with Crippen molar-refractivity contribution < 1.29 is 5.11 Å². The van der Waals surface area contributed by atoms with Gasteiger partial charge in [-0.15, -0.1) is 0 Å². The fourth-order valence-electron chi connectivity index (χ4n) is 3.37. The second kappa shape index (κ2) is 8.22. The zero-order chi connectivity index (χ0) is 15.5. The average molecular weight is 544 g/mol. The first kappa shape index (κ1) is 17.6. The molecular weight excluding hydrogens is 522 g/mol. The van der Waals surface area contributed by atoms with Crippen LogP contribution in [0.4, 0.5) is 0 Å². The third-order valence-electron chi connectivity index (χ3n) is 4.62. The molecule has 122 valence electrons. The van der Waals surface area contributed by atoms with E-state index in [4.69, 9.17) is 0 Å². The molecule has 0 spiro atoms. The lowest BCUT2D eigenvalue weighted by molar-refractivity contribution is 0.112. The summed E-state index contributed by atoms with van der Waals surface area (Å²) in [6.07, 6.45) is 2.54. The van der Waals surface area contributed by atoms with Gasteiger partial charge < -0.3 is 5.11 Å². The molecule has 1 aromatic rings. The summed E-state index contributed by atoms with van der Waals surface area (Å²) in [5.74, 6) is 3.07. The van der Waals surface area contributed by atoms with E-state index < -0.39 is 0 Å². The molecular formula is C16H22I2N2OS. The fourth-order valence-corrected chi connectivity index (χ4v) is 6.26. The summed E-state index contributed by atoms with van der Waals surface area (Å²) in [6, 6.07) is 4.92. The average Bonchev–Trinajstić information content (AvgIpc) is 2.54. The van der Waals surface area contributed by atoms with Crippen molar-refractivity contribution in [1.82, 2.24) is 9.80 Å². The summed E-state index contributed by atoms with van der Waals surface area (Å²) >= 11 is 6.64. The van der Waals surface area contributed by atoms with Gasteiger partial charge in [0, 0.05) is 46.3 Å². The minimum Gasteiger partial charge on any atom is -0.507 e. The van der Waals surface area contributed by atoms with E-state index in [1.807, 2.05) is 6.07 Å². The van der Waals surface area contributed by atoms with Crippen molar-refractivity contribution >= 4 is 56.9 Å². The number of benzene rings is 1. The first-order valence-electron chi connectivity index (χ1n) is 7.84. The first-order chi connectivity index (χ1) is 10.6. The van der Waals surface area contributed by atoms with Crippen molar-refractivity contribution in [2.24, 2.45) is 0 Å². The summed E-state index contributed by atoms with van der Waals surface area (Å²) in [4.78, 5) is 5.19. The Hall–Kier alpha value is 0.750. The molecule has 3 rings (SSSR count). The van der Waals surface area contributed by atoms with Gasteiger partial charge in [0.25, 0.3) is 0 Å². The Bertz CT molecular complexity index is 515. The largest absolute Gasteiger partial charge is 0.507 e. The van der Waals surface area contributed by atoms with Crippen LogP contribution in [0, 0.1) is 7.14 Å². The second-order valence-electron chi connectivity index (χ2n) is 6.05. The van der Waals surface area contributed by atoms with Crippen LogP contribution in [0.15, 0.2) is 12.1 Å². The number of phenolic OH excluding ortho intramolecular Hbond substituents is 1. The Morgan fingerprint density at radius 2 is 1.77 bits per heavy atom. The van der Waals surface area contributed by atoms with Crippen LogP contribution in [0.1, 0.15) is 18.4 Å². The van der Waals surface area contributed by atoms with Gasteiger partial charge in [-0.2, -0.15) is 11.8 Å². The normalized spacial score (nSPS) is 22.1. The van der Waals surface area contributed by atoms with Crippen LogP contribution in [0.25, 0.3) is 0 Å². The number of phenols is 1. The summed E-state index contributed by atoms with van der Waals surface area (Å²) < 4.78 is 2.16. The number of piperidine rings is 1. The van der Waals surface area contributed by atoms with Gasteiger partial charge in [0.15, 0.2) is 0 Å². The van der Waals surface area contributed by atoms with Crippen molar-refractivity contribution in [1.29, 1.82) is 0 Å². The van der Waals surface area contributed by atoms with Gasteiger partial charge in [-0.1, -0.05) is 0 Å². The van der Waals surface area contributed by atoms with Crippen molar-refractivity contribution in [2.45, 2.75) is 25.4 Å². The third-order valence-corrected chi connectivity index (χ3v) is 7.01. The minimum atomic E-state index is 0.469. The van der Waals surface area contributed by atoms with Gasteiger partial charge >= 0.3 is 0 Å². The Balaban J connectivity index is 1.56. The lowest BCUT2D eigenvalue weighted by Gasteiger charge is -2.40. The third kappa shape index (κ3) is 4.43. The molecule has 0 saturated carbocycles. The van der Waals surface area contributed by atoms with E-state index in [0.717, 1.165) is 34.8 Å². The van der Waals surface area contributed by atoms with Gasteiger partial charge in [0.2, 0.25) is 0 Å². The van der Waals surface area contributed by atoms with Crippen LogP contribution in [0.2, 0.25) is 0 Å². The number of halogens is 2. The van der Waals surface area contributed by atoms with E-state index in [1.54, 1.807) is 0 Å². The molecule has 1 N–H and O–H groups in total. The quantitative estimate of drug-likeness (QED) is 0.589. The Morgan fingerprint density at radius 3 is 2.45 bits per heavy atom. The van der Waals surface area contributed by atoms with Crippen LogP contribution in [-0.2, 0) is 6.54 Å². The number of thioether (sulfide) groups is 1. The van der Waals surface area contributed by atoms with Crippen LogP contribution < -0.4 is 0 Å². The maximum atomic E-state index is 10.3. The second-order valence-corrected chi connectivity index (χ2v) is 9.68. The molecule has 0 amide bonds. The maximum Gasteiger partial charge on any atom is 0.133 e. The Labute approximate surface area is 164 Å². The van der Waals surface area contributed by atoms with Crippen LogP contribution in [0.3, 0.4) is 0 Å². The van der Waals surface area contributed by atoms with E-state index in [0.29, 0.717) is 5.75 Å². The monoisotopic (exact) mass is 544 g/mol. The zero-order valence-corrected chi connectivity index (χ0v) is 17.7. The van der Waals surface area contributed by atoms with Crippen molar-refractivity contribution in [3.05, 3.63) is 24.8 Å². The summed E-state index contributed by atoms with van der Waals surface area (Å²) in [5.41, 5.74) is 1.07. The Morgan fingerprint density at radius 1 is 1.09 bits per heavy atom. The SMILES string of the molecule is Oc1c(I)cc(I)cc1CN1CCC(N2CCSCC2)CC1. The molecule has 6 heteroatoms. The highest BCUT2D eigenvalue weighted by Crippen LogP contribution is 2.29. The first-order valence-corrected chi connectivity index (χ1v) is 11.2. The highest BCUT2D eigenvalue weighted by molar-refractivity contribution is 14.1. The van der Waals surface area contributed by atoms with Crippen LogP contribution in [0.5, 0.6) is 5.75 Å². The molecule has 2 fully saturated rings. The molecule has 0 unspecified atom stereocenters. The van der Waals surface area contributed by atoms with Gasteiger partial charge in [-0.05, 0) is 83.2 Å². The van der Waals surface area contributed by atoms with Gasteiger partial charge in [-0.3, -0.25) is 9.80 Å². The van der Waals surface area contributed by atoms with E-state index in [-0.39, 0.29) is 0 Å². The van der Waals surface area contributed by atoms with E-state index in [2.05, 4.69) is 72.8 Å². The number of hydrogen-bond acceptors (Lipinski definition) is 4. The molecule has 2 aliphatic rings. The molecule has 3 nitrogen and oxygen atoms in total. The molecule has 2 aliphatic heterocycles. The number of hydrogen-bond donors (Lipinski definition) is 1. The zero-order valence-electron chi connectivity index (χ0n) is 12.6. The molecule has 1 aromatic carbocycles. The van der Waals surface area contributed by atoms with E-state index in [1.165, 1.54) is 41.0 Å². The predicted octanol–water partition coefficient (Wildman–Crippen LogP) is 3.61. The van der Waals surface area contributed by atoms with Crippen LogP contribution in [-0.4, -0.2) is 58.6 Å². The standard InChI is InChI=1S/C16H22I2N2OS/c17-13-9-12(16(21)15(18)10-13)11-19-3-1-14(2-4-19)20-5-7-22-8-6-20/h9-10,14,21H,1-8,11H2. The number of rotatable bonds is 3. The van der Waals surface area contributed by atoms with Crippen molar-refractivity contribution in [3.63, 3.8) is 0 Å². The number of aromatic hydroxyl groups is 1. The van der Waals surface area contributed by atoms with Crippen LogP contribution >= 0.6 is 56.9 Å². The summed E-state index contributed by atoms with van der Waals surface area (Å²) in [6.45, 7) is 5.71. The molecule has 0 aromatic heterocycles. The van der Waals surface area contributed by atoms with E-state index in [9.17, 15) is 5.11 Å². The fraction of sp³-hybridized carbons (Fsp3) is 0.625. The number of nitrogens with zero attached hydrogens (tertiary/aromatic N) is 2. The topological polar surface area (TPSA) is 26.7 Å². The summed E-state index contributed by atoms with van der Waals surface area (Å²) in [7, 11) is 0. The Kier molecular flexibility index (Phi) is 6.57. The molecule has 0 bridgehead atoms. The van der Waals surface area contributed by atoms with Gasteiger partial charge in [-0.25, -0.2) is 0 Å². The molecule has 0 aliphatic carbocycles. The highest BCUT2D eigenvalue weighted by Gasteiger charge is 2.26.